The highest BCUT2D eigenvalue weighted by atomic mass is 16.5. The van der Waals surface area contributed by atoms with Gasteiger partial charge in [0.25, 0.3) is 5.91 Å². The van der Waals surface area contributed by atoms with E-state index in [1.165, 1.54) is 0 Å². The fraction of sp³-hybridized carbons (Fsp3) is 0.667. The Morgan fingerprint density at radius 3 is 2.82 bits per heavy atom. The summed E-state index contributed by atoms with van der Waals surface area (Å²) in [6, 6.07) is 0. The maximum Gasteiger partial charge on any atom is 0.330 e. The Morgan fingerprint density at radius 2 is 2.29 bits per heavy atom. The number of hydrogen-bond acceptors (Lipinski definition) is 4. The molecule has 1 amide bonds. The van der Waals surface area contributed by atoms with Gasteiger partial charge in [-0.05, 0) is 0 Å². The topological polar surface area (TPSA) is 55.8 Å². The van der Waals surface area contributed by atoms with E-state index in [0.717, 1.165) is 6.08 Å². The zero-order valence-electron chi connectivity index (χ0n) is 10.6. The van der Waals surface area contributed by atoms with Gasteiger partial charge in [-0.1, -0.05) is 20.4 Å². The van der Waals surface area contributed by atoms with Gasteiger partial charge < -0.3 is 14.4 Å². The number of rotatable bonds is 5. The fourth-order valence-corrected chi connectivity index (χ4v) is 1.92. The van der Waals surface area contributed by atoms with Crippen LogP contribution >= 0.6 is 0 Å². The number of carbonyl (C=O) groups is 2. The molecule has 1 heterocycles. The maximum absolute atomic E-state index is 12.0. The van der Waals surface area contributed by atoms with E-state index in [9.17, 15) is 9.59 Å². The summed E-state index contributed by atoms with van der Waals surface area (Å²) in [6.45, 7) is 8.68. The van der Waals surface area contributed by atoms with Gasteiger partial charge in [0, 0.05) is 31.7 Å². The summed E-state index contributed by atoms with van der Waals surface area (Å²) in [5.41, 5.74) is -0.385. The number of likely N-dealkylation sites (tertiary alicyclic amines) is 1. The zero-order chi connectivity index (χ0) is 13.1. The second kappa shape index (κ2) is 5.31. The molecular weight excluding hydrogens is 222 g/mol. The van der Waals surface area contributed by atoms with Crippen LogP contribution < -0.4 is 0 Å². The van der Waals surface area contributed by atoms with Crippen LogP contribution in [0, 0.1) is 5.41 Å². The zero-order valence-corrected chi connectivity index (χ0v) is 10.6. The molecule has 0 spiro atoms. The first kappa shape index (κ1) is 13.7. The SMILES string of the molecule is C=CC(=O)OC1C(=O)N(CCOC)CC1(C)C. The van der Waals surface area contributed by atoms with E-state index in [-0.39, 0.29) is 11.3 Å². The molecular formula is C12H19NO4. The molecule has 5 nitrogen and oxygen atoms in total. The Labute approximate surface area is 101 Å². The molecule has 1 fully saturated rings. The normalized spacial score (nSPS) is 22.6. The van der Waals surface area contributed by atoms with Gasteiger partial charge in [0.15, 0.2) is 6.10 Å². The van der Waals surface area contributed by atoms with Crippen LogP contribution in [0.5, 0.6) is 0 Å². The molecule has 1 atom stereocenters. The fourth-order valence-electron chi connectivity index (χ4n) is 1.92. The molecule has 1 rings (SSSR count). The quantitative estimate of drug-likeness (QED) is 0.522. The first-order chi connectivity index (χ1) is 7.92. The largest absolute Gasteiger partial charge is 0.448 e. The Morgan fingerprint density at radius 1 is 1.65 bits per heavy atom. The monoisotopic (exact) mass is 241 g/mol. The van der Waals surface area contributed by atoms with Gasteiger partial charge in [0.1, 0.15) is 0 Å². The number of ether oxygens (including phenoxy) is 2. The first-order valence-electron chi connectivity index (χ1n) is 5.53. The van der Waals surface area contributed by atoms with Crippen LogP contribution in [0.2, 0.25) is 0 Å². The minimum absolute atomic E-state index is 0.165. The third-order valence-corrected chi connectivity index (χ3v) is 2.81. The summed E-state index contributed by atoms with van der Waals surface area (Å²) in [6.07, 6.45) is 0.339. The van der Waals surface area contributed by atoms with Crippen molar-refractivity contribution in [1.82, 2.24) is 4.90 Å². The third kappa shape index (κ3) is 3.06. The highest BCUT2D eigenvalue weighted by molar-refractivity contribution is 5.89. The van der Waals surface area contributed by atoms with E-state index < -0.39 is 12.1 Å². The van der Waals surface area contributed by atoms with Crippen molar-refractivity contribution in [3.8, 4) is 0 Å². The molecule has 1 aliphatic heterocycles. The predicted octanol–water partition coefficient (Wildman–Crippen LogP) is 0.599. The molecule has 0 aromatic rings. The molecule has 17 heavy (non-hydrogen) atoms. The summed E-state index contributed by atoms with van der Waals surface area (Å²) in [5, 5.41) is 0. The van der Waals surface area contributed by atoms with Gasteiger partial charge in [-0.15, -0.1) is 0 Å². The van der Waals surface area contributed by atoms with Crippen molar-refractivity contribution < 1.29 is 19.1 Å². The van der Waals surface area contributed by atoms with Crippen molar-refractivity contribution in [2.45, 2.75) is 20.0 Å². The molecule has 0 aromatic heterocycles. The second-order valence-electron chi connectivity index (χ2n) is 4.76. The number of carbonyl (C=O) groups excluding carboxylic acids is 2. The van der Waals surface area contributed by atoms with E-state index in [1.54, 1.807) is 12.0 Å². The number of nitrogens with zero attached hydrogens (tertiary/aromatic N) is 1. The van der Waals surface area contributed by atoms with Crippen LogP contribution in [-0.2, 0) is 19.1 Å². The average Bonchev–Trinajstić information content (AvgIpc) is 2.49. The molecule has 1 unspecified atom stereocenters. The van der Waals surface area contributed by atoms with E-state index >= 15 is 0 Å². The lowest BCUT2D eigenvalue weighted by atomic mass is 9.89. The molecule has 0 saturated carbocycles. The number of esters is 1. The minimum Gasteiger partial charge on any atom is -0.448 e. The predicted molar refractivity (Wildman–Crippen MR) is 62.3 cm³/mol. The van der Waals surface area contributed by atoms with Crippen molar-refractivity contribution in [3.05, 3.63) is 12.7 Å². The lowest BCUT2D eigenvalue weighted by molar-refractivity contribution is -0.155. The molecule has 0 aromatic carbocycles. The molecule has 1 aliphatic rings. The standard InChI is InChI=1S/C12H19NO4/c1-5-9(14)17-10-11(15)13(6-7-16-4)8-12(10,2)3/h5,10H,1,6-8H2,2-4H3. The van der Waals surface area contributed by atoms with Crippen LogP contribution in [0.25, 0.3) is 0 Å². The molecule has 1 saturated heterocycles. The van der Waals surface area contributed by atoms with Gasteiger partial charge in [-0.2, -0.15) is 0 Å². The average molecular weight is 241 g/mol. The summed E-state index contributed by atoms with van der Waals surface area (Å²) in [5.74, 6) is -0.729. The van der Waals surface area contributed by atoms with Crippen molar-refractivity contribution >= 4 is 11.9 Å². The van der Waals surface area contributed by atoms with Gasteiger partial charge >= 0.3 is 5.97 Å². The summed E-state index contributed by atoms with van der Waals surface area (Å²) >= 11 is 0. The molecule has 0 radical (unpaired) electrons. The lowest BCUT2D eigenvalue weighted by Crippen LogP contribution is -2.36. The van der Waals surface area contributed by atoms with Crippen molar-refractivity contribution in [2.24, 2.45) is 5.41 Å². The van der Waals surface area contributed by atoms with E-state index in [4.69, 9.17) is 9.47 Å². The Hall–Kier alpha value is -1.36. The molecule has 0 aliphatic carbocycles. The lowest BCUT2D eigenvalue weighted by Gasteiger charge is -2.22. The van der Waals surface area contributed by atoms with Gasteiger partial charge in [-0.3, -0.25) is 4.79 Å². The van der Waals surface area contributed by atoms with Crippen LogP contribution in [0.3, 0.4) is 0 Å². The van der Waals surface area contributed by atoms with Crippen molar-refractivity contribution in [2.75, 3.05) is 26.8 Å². The molecule has 96 valence electrons. The third-order valence-electron chi connectivity index (χ3n) is 2.81. The highest BCUT2D eigenvalue weighted by Gasteiger charge is 2.48. The summed E-state index contributed by atoms with van der Waals surface area (Å²) in [7, 11) is 1.58. The van der Waals surface area contributed by atoms with E-state index in [0.29, 0.717) is 19.7 Å². The first-order valence-corrected chi connectivity index (χ1v) is 5.53. The van der Waals surface area contributed by atoms with Crippen molar-refractivity contribution in [1.29, 1.82) is 0 Å². The van der Waals surface area contributed by atoms with Gasteiger partial charge in [0.2, 0.25) is 0 Å². The van der Waals surface area contributed by atoms with Crippen molar-refractivity contribution in [3.63, 3.8) is 0 Å². The maximum atomic E-state index is 12.0. The van der Waals surface area contributed by atoms with Crippen LogP contribution in [0.4, 0.5) is 0 Å². The second-order valence-corrected chi connectivity index (χ2v) is 4.76. The number of methoxy groups -OCH3 is 1. The van der Waals surface area contributed by atoms with Crippen LogP contribution in [0.15, 0.2) is 12.7 Å². The number of hydrogen-bond donors (Lipinski definition) is 0. The smallest absolute Gasteiger partial charge is 0.330 e. The Balaban J connectivity index is 2.72. The van der Waals surface area contributed by atoms with Crippen LogP contribution in [-0.4, -0.2) is 49.7 Å². The van der Waals surface area contributed by atoms with Gasteiger partial charge in [-0.25, -0.2) is 4.79 Å². The molecule has 0 bridgehead atoms. The van der Waals surface area contributed by atoms with E-state index in [2.05, 4.69) is 6.58 Å². The summed E-state index contributed by atoms with van der Waals surface area (Å²) in [4.78, 5) is 24.9. The molecule has 0 N–H and O–H groups in total. The van der Waals surface area contributed by atoms with E-state index in [1.807, 2.05) is 13.8 Å². The Bertz CT molecular complexity index is 324. The van der Waals surface area contributed by atoms with Gasteiger partial charge in [0.05, 0.1) is 6.61 Å². The molecule has 5 heteroatoms. The van der Waals surface area contributed by atoms with Crippen LogP contribution in [0.1, 0.15) is 13.8 Å². The summed E-state index contributed by atoms with van der Waals surface area (Å²) < 4.78 is 10.0. The highest BCUT2D eigenvalue weighted by Crippen LogP contribution is 2.32. The number of amides is 1. The minimum atomic E-state index is -0.732. The Kier molecular flexibility index (Phi) is 4.28.